The summed E-state index contributed by atoms with van der Waals surface area (Å²) in [6.07, 6.45) is 1.28. The molecule has 1 atom stereocenters. The lowest BCUT2D eigenvalue weighted by Gasteiger charge is -2.34. The van der Waals surface area contributed by atoms with Crippen molar-refractivity contribution in [3.8, 4) is 0 Å². The van der Waals surface area contributed by atoms with Gasteiger partial charge in [-0.15, -0.1) is 0 Å². The van der Waals surface area contributed by atoms with Crippen LogP contribution in [-0.4, -0.2) is 50.0 Å². The summed E-state index contributed by atoms with van der Waals surface area (Å²) in [5.74, 6) is -0.865. The summed E-state index contributed by atoms with van der Waals surface area (Å²) in [7, 11) is -3.88. The number of carbonyl (C=O) groups is 2. The number of benzene rings is 3. The van der Waals surface area contributed by atoms with Crippen LogP contribution in [0.4, 0.5) is 5.69 Å². The van der Waals surface area contributed by atoms with E-state index in [4.69, 9.17) is 23.2 Å². The smallest absolute Gasteiger partial charge is 0.244 e. The summed E-state index contributed by atoms with van der Waals surface area (Å²) in [4.78, 5) is 29.0. The molecular formula is C29H33Cl2N3O4S. The van der Waals surface area contributed by atoms with Crippen LogP contribution in [-0.2, 0) is 32.6 Å². The summed E-state index contributed by atoms with van der Waals surface area (Å²) in [6.45, 7) is 4.95. The fraction of sp³-hybridized carbons (Fsp3) is 0.310. The lowest BCUT2D eigenvalue weighted by molar-refractivity contribution is -0.140. The maximum Gasteiger partial charge on any atom is 0.244 e. The molecular weight excluding hydrogens is 557 g/mol. The van der Waals surface area contributed by atoms with E-state index in [1.54, 1.807) is 49.4 Å². The Morgan fingerprint density at radius 2 is 1.54 bits per heavy atom. The summed E-state index contributed by atoms with van der Waals surface area (Å²) in [5, 5.41) is 3.84. The van der Waals surface area contributed by atoms with Crippen molar-refractivity contribution in [3.05, 3.63) is 99.5 Å². The number of nitrogens with zero attached hydrogens (tertiary/aromatic N) is 2. The van der Waals surface area contributed by atoms with Crippen molar-refractivity contribution < 1.29 is 18.0 Å². The Morgan fingerprint density at radius 1 is 0.897 bits per heavy atom. The van der Waals surface area contributed by atoms with Crippen LogP contribution >= 0.6 is 23.2 Å². The Balaban J connectivity index is 2.07. The molecule has 0 bridgehead atoms. The molecule has 3 aromatic rings. The van der Waals surface area contributed by atoms with E-state index in [0.717, 1.165) is 21.7 Å². The van der Waals surface area contributed by atoms with Crippen molar-refractivity contribution in [1.82, 2.24) is 10.2 Å². The van der Waals surface area contributed by atoms with E-state index >= 15 is 0 Å². The third-order valence-electron chi connectivity index (χ3n) is 6.16. The van der Waals surface area contributed by atoms with Crippen molar-refractivity contribution >= 4 is 50.7 Å². The Morgan fingerprint density at radius 3 is 2.13 bits per heavy atom. The van der Waals surface area contributed by atoms with Crippen LogP contribution in [0.2, 0.25) is 10.0 Å². The zero-order valence-corrected chi connectivity index (χ0v) is 24.7. The van der Waals surface area contributed by atoms with Crippen LogP contribution in [0.3, 0.4) is 0 Å². The molecule has 1 N–H and O–H groups in total. The molecule has 10 heteroatoms. The van der Waals surface area contributed by atoms with Gasteiger partial charge in [-0.25, -0.2) is 8.42 Å². The molecule has 0 aromatic heterocycles. The molecule has 7 nitrogen and oxygen atoms in total. The minimum atomic E-state index is -3.88. The van der Waals surface area contributed by atoms with E-state index in [-0.39, 0.29) is 24.9 Å². The molecule has 2 amide bonds. The lowest BCUT2D eigenvalue weighted by atomic mass is 10.0. The van der Waals surface area contributed by atoms with E-state index in [0.29, 0.717) is 21.3 Å². The molecule has 3 rings (SSSR count). The van der Waals surface area contributed by atoms with Crippen molar-refractivity contribution in [3.63, 3.8) is 0 Å². The Labute approximate surface area is 240 Å². The topological polar surface area (TPSA) is 86.8 Å². The first-order valence-electron chi connectivity index (χ1n) is 12.5. The molecule has 0 saturated carbocycles. The van der Waals surface area contributed by atoms with Gasteiger partial charge in [-0.3, -0.25) is 13.9 Å². The average Bonchev–Trinajstić information content (AvgIpc) is 2.87. The number of nitrogens with one attached hydrogen (secondary N) is 1. The quantitative estimate of drug-likeness (QED) is 0.331. The first-order valence-corrected chi connectivity index (χ1v) is 15.1. The fourth-order valence-electron chi connectivity index (χ4n) is 4.18. The highest BCUT2D eigenvalue weighted by Gasteiger charge is 2.33. The van der Waals surface area contributed by atoms with Crippen molar-refractivity contribution in [2.75, 3.05) is 17.1 Å². The van der Waals surface area contributed by atoms with Crippen LogP contribution in [0, 0.1) is 6.92 Å². The van der Waals surface area contributed by atoms with Crippen LogP contribution in [0.15, 0.2) is 72.8 Å². The minimum absolute atomic E-state index is 0.0746. The second kappa shape index (κ2) is 13.3. The van der Waals surface area contributed by atoms with Gasteiger partial charge in [0.25, 0.3) is 0 Å². The highest BCUT2D eigenvalue weighted by Crippen LogP contribution is 2.28. The zero-order chi connectivity index (χ0) is 28.7. The van der Waals surface area contributed by atoms with Gasteiger partial charge in [-0.1, -0.05) is 71.7 Å². The number of rotatable bonds is 11. The number of amides is 2. The Kier molecular flexibility index (Phi) is 10.4. The Hall–Kier alpha value is -3.07. The van der Waals surface area contributed by atoms with Crippen LogP contribution < -0.4 is 9.62 Å². The molecule has 0 saturated heterocycles. The van der Waals surface area contributed by atoms with E-state index in [2.05, 4.69) is 5.32 Å². The molecule has 0 radical (unpaired) electrons. The normalized spacial score (nSPS) is 12.2. The van der Waals surface area contributed by atoms with E-state index in [1.165, 1.54) is 4.90 Å². The summed E-state index contributed by atoms with van der Waals surface area (Å²) in [6, 6.07) is 20.2. The van der Waals surface area contributed by atoms with Gasteiger partial charge in [0.05, 0.1) is 11.9 Å². The molecule has 0 spiro atoms. The number of anilines is 1. The molecule has 0 aliphatic carbocycles. The minimum Gasteiger partial charge on any atom is -0.352 e. The van der Waals surface area contributed by atoms with Gasteiger partial charge in [0.1, 0.15) is 12.6 Å². The molecule has 0 aliphatic heterocycles. The number of halogens is 2. The van der Waals surface area contributed by atoms with E-state index < -0.39 is 28.5 Å². The highest BCUT2D eigenvalue weighted by atomic mass is 35.5. The maximum atomic E-state index is 14.0. The van der Waals surface area contributed by atoms with E-state index in [9.17, 15) is 18.0 Å². The van der Waals surface area contributed by atoms with Crippen molar-refractivity contribution in [2.45, 2.75) is 45.8 Å². The SMILES string of the molecule is Cc1c(Cl)cccc1N(CC(=O)N(Cc1ccc(Cl)cc1)[C@@H](Cc1ccccc1)C(=O)NC(C)C)S(C)(=O)=O. The average molecular weight is 591 g/mol. The first-order chi connectivity index (χ1) is 18.4. The fourth-order valence-corrected chi connectivity index (χ4v) is 5.38. The van der Waals surface area contributed by atoms with Gasteiger partial charge in [-0.05, 0) is 61.7 Å². The maximum absolute atomic E-state index is 14.0. The number of hydrogen-bond acceptors (Lipinski definition) is 4. The predicted molar refractivity (Wildman–Crippen MR) is 158 cm³/mol. The monoisotopic (exact) mass is 589 g/mol. The van der Waals surface area contributed by atoms with Gasteiger partial charge in [0.15, 0.2) is 0 Å². The van der Waals surface area contributed by atoms with Gasteiger partial charge in [0.2, 0.25) is 21.8 Å². The second-order valence-electron chi connectivity index (χ2n) is 9.67. The van der Waals surface area contributed by atoms with Gasteiger partial charge < -0.3 is 10.2 Å². The number of carbonyl (C=O) groups excluding carboxylic acids is 2. The summed E-state index contributed by atoms with van der Waals surface area (Å²) in [5.41, 5.74) is 2.44. The molecule has 0 aliphatic rings. The predicted octanol–water partition coefficient (Wildman–Crippen LogP) is 5.23. The highest BCUT2D eigenvalue weighted by molar-refractivity contribution is 7.92. The van der Waals surface area contributed by atoms with Crippen LogP contribution in [0.25, 0.3) is 0 Å². The standard InChI is InChI=1S/C29H33Cl2N3O4S/c1-20(2)32-29(36)27(17-22-9-6-5-7-10-22)33(18-23-13-15-24(30)16-14-23)28(35)19-34(39(4,37)38)26-12-8-11-25(31)21(26)3/h5-16,20,27H,17-19H2,1-4H3,(H,32,36)/t27-/m0/s1. The summed E-state index contributed by atoms with van der Waals surface area (Å²) >= 11 is 12.4. The Bertz CT molecular complexity index is 1400. The lowest BCUT2D eigenvalue weighted by Crippen LogP contribution is -2.54. The zero-order valence-electron chi connectivity index (χ0n) is 22.4. The second-order valence-corrected chi connectivity index (χ2v) is 12.4. The molecule has 3 aromatic carbocycles. The van der Waals surface area contributed by atoms with Gasteiger partial charge in [0, 0.05) is 29.1 Å². The number of hydrogen-bond donors (Lipinski definition) is 1. The largest absolute Gasteiger partial charge is 0.352 e. The van der Waals surface area contributed by atoms with Crippen molar-refractivity contribution in [2.24, 2.45) is 0 Å². The third kappa shape index (κ3) is 8.46. The molecule has 39 heavy (non-hydrogen) atoms. The molecule has 0 unspecified atom stereocenters. The molecule has 0 fully saturated rings. The van der Waals surface area contributed by atoms with Crippen LogP contribution in [0.5, 0.6) is 0 Å². The molecule has 208 valence electrons. The van der Waals surface area contributed by atoms with Crippen molar-refractivity contribution in [1.29, 1.82) is 0 Å². The van der Waals surface area contributed by atoms with Gasteiger partial charge >= 0.3 is 0 Å². The van der Waals surface area contributed by atoms with E-state index in [1.807, 2.05) is 44.2 Å². The third-order valence-corrected chi connectivity index (χ3v) is 7.94. The summed E-state index contributed by atoms with van der Waals surface area (Å²) < 4.78 is 26.8. The molecule has 0 heterocycles. The first kappa shape index (κ1) is 30.5. The van der Waals surface area contributed by atoms with Gasteiger partial charge in [-0.2, -0.15) is 0 Å². The number of sulfonamides is 1. The van der Waals surface area contributed by atoms with Crippen LogP contribution in [0.1, 0.15) is 30.5 Å².